The van der Waals surface area contributed by atoms with Crippen LogP contribution in [0, 0.1) is 0 Å². The van der Waals surface area contributed by atoms with Crippen molar-refractivity contribution in [2.75, 3.05) is 19.6 Å². The number of hydrogen-bond acceptors (Lipinski definition) is 3. The minimum absolute atomic E-state index is 0. The maximum absolute atomic E-state index is 11.9. The summed E-state index contributed by atoms with van der Waals surface area (Å²) in [6.45, 7) is 4.78. The van der Waals surface area contributed by atoms with Gasteiger partial charge in [-0.25, -0.2) is 0 Å². The third-order valence-electron chi connectivity index (χ3n) is 4.01. The van der Waals surface area contributed by atoms with E-state index in [-0.39, 0.29) is 36.8 Å². The number of rotatable bonds is 6. The van der Waals surface area contributed by atoms with Gasteiger partial charge >= 0.3 is 0 Å². The van der Waals surface area contributed by atoms with E-state index in [2.05, 4.69) is 34.5 Å². The van der Waals surface area contributed by atoms with E-state index in [4.69, 9.17) is 5.73 Å². The van der Waals surface area contributed by atoms with Crippen LogP contribution in [-0.2, 0) is 4.79 Å². The molecule has 1 aliphatic heterocycles. The largest absolute Gasteiger partial charge is 0.353 e. The van der Waals surface area contributed by atoms with Crippen molar-refractivity contribution in [2.45, 2.75) is 38.3 Å². The summed E-state index contributed by atoms with van der Waals surface area (Å²) in [5, 5.41) is 3.00. The minimum atomic E-state index is -0.398. The highest BCUT2D eigenvalue weighted by Crippen LogP contribution is 2.24. The second-order valence-electron chi connectivity index (χ2n) is 5.43. The van der Waals surface area contributed by atoms with Gasteiger partial charge in [0.25, 0.3) is 0 Å². The van der Waals surface area contributed by atoms with Gasteiger partial charge in [-0.3, -0.25) is 9.69 Å². The van der Waals surface area contributed by atoms with Gasteiger partial charge in [0, 0.05) is 6.54 Å². The van der Waals surface area contributed by atoms with E-state index in [0.717, 1.165) is 13.1 Å². The lowest BCUT2D eigenvalue weighted by Gasteiger charge is -2.28. The first-order valence-corrected chi connectivity index (χ1v) is 7.54. The minimum Gasteiger partial charge on any atom is -0.353 e. The van der Waals surface area contributed by atoms with Crippen LogP contribution in [0.4, 0.5) is 0 Å². The molecule has 22 heavy (non-hydrogen) atoms. The molecule has 1 aromatic rings. The third kappa shape index (κ3) is 5.76. The van der Waals surface area contributed by atoms with Gasteiger partial charge in [-0.1, -0.05) is 37.3 Å². The van der Waals surface area contributed by atoms with E-state index in [1.165, 1.54) is 18.4 Å². The van der Waals surface area contributed by atoms with Crippen LogP contribution in [0.15, 0.2) is 30.3 Å². The second kappa shape index (κ2) is 10.8. The summed E-state index contributed by atoms with van der Waals surface area (Å²) in [5.41, 5.74) is 7.03. The predicted octanol–water partition coefficient (Wildman–Crippen LogP) is 2.52. The number of likely N-dealkylation sites (tertiary alicyclic amines) is 1. The van der Waals surface area contributed by atoms with Crippen LogP contribution in [0.1, 0.15) is 37.8 Å². The van der Waals surface area contributed by atoms with Crippen molar-refractivity contribution < 1.29 is 4.79 Å². The Morgan fingerprint density at radius 1 is 1.23 bits per heavy atom. The first kappa shape index (κ1) is 21.2. The van der Waals surface area contributed by atoms with E-state index >= 15 is 0 Å². The summed E-state index contributed by atoms with van der Waals surface area (Å²) in [6, 6.07) is 10.3. The van der Waals surface area contributed by atoms with E-state index in [0.29, 0.717) is 13.0 Å². The molecule has 6 heteroatoms. The van der Waals surface area contributed by atoms with Crippen molar-refractivity contribution in [3.8, 4) is 0 Å². The maximum Gasteiger partial charge on any atom is 0.236 e. The average molecular weight is 348 g/mol. The SMILES string of the molecule is CC[C@H](N)C(=O)NCC(c1ccccc1)N1CCCC1.Cl.Cl. The van der Waals surface area contributed by atoms with E-state index in [1.807, 2.05) is 13.0 Å². The first-order valence-electron chi connectivity index (χ1n) is 7.54. The Balaban J connectivity index is 0.00000220. The molecule has 0 bridgehead atoms. The summed E-state index contributed by atoms with van der Waals surface area (Å²) in [5.74, 6) is -0.0485. The molecule has 0 radical (unpaired) electrons. The number of carbonyl (C=O) groups excluding carboxylic acids is 1. The Labute approximate surface area is 145 Å². The number of nitrogens with zero attached hydrogens (tertiary/aromatic N) is 1. The van der Waals surface area contributed by atoms with Crippen LogP contribution in [0.25, 0.3) is 0 Å². The normalized spacial score (nSPS) is 17.0. The van der Waals surface area contributed by atoms with E-state index in [9.17, 15) is 4.79 Å². The first-order chi connectivity index (χ1) is 9.72. The summed E-state index contributed by atoms with van der Waals surface area (Å²) >= 11 is 0. The smallest absolute Gasteiger partial charge is 0.236 e. The zero-order valence-electron chi connectivity index (χ0n) is 13.0. The fraction of sp³-hybridized carbons (Fsp3) is 0.562. The van der Waals surface area contributed by atoms with Crippen molar-refractivity contribution in [1.29, 1.82) is 0 Å². The predicted molar refractivity (Wildman–Crippen MR) is 95.8 cm³/mol. The number of amides is 1. The van der Waals surface area contributed by atoms with Gasteiger partial charge in [0.15, 0.2) is 0 Å². The second-order valence-corrected chi connectivity index (χ2v) is 5.43. The molecule has 0 spiro atoms. The highest BCUT2D eigenvalue weighted by Gasteiger charge is 2.24. The van der Waals surface area contributed by atoms with Gasteiger partial charge in [0.2, 0.25) is 5.91 Å². The van der Waals surface area contributed by atoms with Crippen LogP contribution < -0.4 is 11.1 Å². The fourth-order valence-electron chi connectivity index (χ4n) is 2.70. The molecule has 1 heterocycles. The topological polar surface area (TPSA) is 58.4 Å². The molecule has 1 saturated heterocycles. The summed E-state index contributed by atoms with van der Waals surface area (Å²) in [6.07, 6.45) is 3.16. The quantitative estimate of drug-likeness (QED) is 0.831. The molecule has 2 rings (SSSR count). The van der Waals surface area contributed by atoms with Crippen LogP contribution in [-0.4, -0.2) is 36.5 Å². The number of nitrogens with two attached hydrogens (primary N) is 1. The molecule has 1 amide bonds. The molecule has 0 aliphatic carbocycles. The standard InChI is InChI=1S/C16H25N3O.2ClH/c1-2-14(17)16(20)18-12-15(19-10-6-7-11-19)13-8-4-3-5-9-13;;/h3-5,8-9,14-15H,2,6-7,10-12,17H2,1H3,(H,18,20);2*1H/t14-,15?;;/m0../s1. The van der Waals surface area contributed by atoms with Crippen LogP contribution in [0.5, 0.6) is 0 Å². The average Bonchev–Trinajstić information content (AvgIpc) is 3.01. The van der Waals surface area contributed by atoms with Gasteiger partial charge < -0.3 is 11.1 Å². The Kier molecular flexibility index (Phi) is 10.4. The molecule has 0 saturated carbocycles. The van der Waals surface area contributed by atoms with Crippen molar-refractivity contribution >= 4 is 30.7 Å². The van der Waals surface area contributed by atoms with Crippen molar-refractivity contribution in [3.05, 3.63) is 35.9 Å². The fourth-order valence-corrected chi connectivity index (χ4v) is 2.70. The number of hydrogen-bond donors (Lipinski definition) is 2. The lowest BCUT2D eigenvalue weighted by Crippen LogP contribution is -2.44. The molecule has 2 atom stereocenters. The molecule has 1 unspecified atom stereocenters. The molecule has 126 valence electrons. The Bertz CT molecular complexity index is 425. The molecule has 4 nitrogen and oxygen atoms in total. The van der Waals surface area contributed by atoms with Gasteiger partial charge in [-0.15, -0.1) is 24.8 Å². The summed E-state index contributed by atoms with van der Waals surface area (Å²) in [4.78, 5) is 14.3. The van der Waals surface area contributed by atoms with Crippen LogP contribution in [0.2, 0.25) is 0 Å². The molecule has 1 aliphatic rings. The molecule has 1 fully saturated rings. The molecule has 0 aromatic heterocycles. The number of nitrogens with one attached hydrogen (secondary N) is 1. The molecular weight excluding hydrogens is 321 g/mol. The Hall–Kier alpha value is -0.810. The molecule has 1 aromatic carbocycles. The monoisotopic (exact) mass is 347 g/mol. The van der Waals surface area contributed by atoms with Gasteiger partial charge in [0.1, 0.15) is 0 Å². The van der Waals surface area contributed by atoms with E-state index < -0.39 is 6.04 Å². The zero-order chi connectivity index (χ0) is 14.4. The molecule has 3 N–H and O–H groups in total. The number of benzene rings is 1. The highest BCUT2D eigenvalue weighted by atomic mass is 35.5. The van der Waals surface area contributed by atoms with Crippen molar-refractivity contribution in [2.24, 2.45) is 5.73 Å². The number of carbonyl (C=O) groups is 1. The van der Waals surface area contributed by atoms with Crippen molar-refractivity contribution in [1.82, 2.24) is 10.2 Å². The van der Waals surface area contributed by atoms with E-state index in [1.54, 1.807) is 0 Å². The van der Waals surface area contributed by atoms with Crippen LogP contribution >= 0.6 is 24.8 Å². The summed E-state index contributed by atoms with van der Waals surface area (Å²) in [7, 11) is 0. The molecular formula is C16H27Cl2N3O. The lowest BCUT2D eigenvalue weighted by molar-refractivity contribution is -0.122. The van der Waals surface area contributed by atoms with Crippen molar-refractivity contribution in [3.63, 3.8) is 0 Å². The van der Waals surface area contributed by atoms with Crippen LogP contribution in [0.3, 0.4) is 0 Å². The number of halogens is 2. The Morgan fingerprint density at radius 2 is 1.82 bits per heavy atom. The highest BCUT2D eigenvalue weighted by molar-refractivity contribution is 5.85. The zero-order valence-corrected chi connectivity index (χ0v) is 14.7. The lowest BCUT2D eigenvalue weighted by atomic mass is 10.1. The maximum atomic E-state index is 11.9. The third-order valence-corrected chi connectivity index (χ3v) is 4.01. The van der Waals surface area contributed by atoms with Gasteiger partial charge in [-0.2, -0.15) is 0 Å². The summed E-state index contributed by atoms with van der Waals surface area (Å²) < 4.78 is 0. The van der Waals surface area contributed by atoms with Gasteiger partial charge in [0.05, 0.1) is 12.1 Å². The Morgan fingerprint density at radius 3 is 2.36 bits per heavy atom. The van der Waals surface area contributed by atoms with Gasteiger partial charge in [-0.05, 0) is 37.9 Å².